The van der Waals surface area contributed by atoms with E-state index >= 15 is 0 Å². The van der Waals surface area contributed by atoms with Gasteiger partial charge in [-0.2, -0.15) is 0 Å². The van der Waals surface area contributed by atoms with Crippen LogP contribution in [-0.2, 0) is 14.3 Å². The third-order valence-electron chi connectivity index (χ3n) is 5.53. The largest absolute Gasteiger partial charge is 0.454 e. The molecule has 1 saturated heterocycles. The number of piperazine rings is 1. The number of hydrogen-bond donors (Lipinski definition) is 2. The summed E-state index contributed by atoms with van der Waals surface area (Å²) < 4.78 is 5.23. The molecule has 0 aromatic heterocycles. The van der Waals surface area contributed by atoms with Crippen LogP contribution >= 0.6 is 0 Å². The third-order valence-corrected chi connectivity index (χ3v) is 5.53. The molecular weight excluding hydrogens is 436 g/mol. The second-order valence-electron chi connectivity index (χ2n) is 8.33. The van der Waals surface area contributed by atoms with Crippen molar-refractivity contribution in [3.8, 4) is 0 Å². The van der Waals surface area contributed by atoms with Crippen molar-refractivity contribution in [2.45, 2.75) is 19.9 Å². The van der Waals surface area contributed by atoms with Gasteiger partial charge in [-0.1, -0.05) is 50.2 Å². The highest BCUT2D eigenvalue weighted by Gasteiger charge is 2.29. The Morgan fingerprint density at radius 3 is 2.00 bits per heavy atom. The monoisotopic (exact) mass is 466 g/mol. The molecule has 1 heterocycles. The van der Waals surface area contributed by atoms with E-state index in [-0.39, 0.29) is 23.8 Å². The van der Waals surface area contributed by atoms with E-state index < -0.39 is 18.6 Å². The second kappa shape index (κ2) is 11.8. The van der Waals surface area contributed by atoms with Crippen molar-refractivity contribution in [2.24, 2.45) is 5.92 Å². The van der Waals surface area contributed by atoms with E-state index in [9.17, 15) is 19.2 Å². The van der Waals surface area contributed by atoms with Crippen LogP contribution in [0.3, 0.4) is 0 Å². The van der Waals surface area contributed by atoms with E-state index in [1.807, 2.05) is 18.2 Å². The number of benzene rings is 2. The van der Waals surface area contributed by atoms with Crippen LogP contribution in [0.4, 0.5) is 10.5 Å². The third kappa shape index (κ3) is 6.81. The van der Waals surface area contributed by atoms with Crippen molar-refractivity contribution < 1.29 is 23.9 Å². The van der Waals surface area contributed by atoms with E-state index in [0.717, 1.165) is 0 Å². The van der Waals surface area contributed by atoms with Gasteiger partial charge in [0.1, 0.15) is 6.04 Å². The molecule has 3 rings (SSSR count). The van der Waals surface area contributed by atoms with E-state index in [0.29, 0.717) is 37.4 Å². The lowest BCUT2D eigenvalue weighted by Gasteiger charge is -2.34. The quantitative estimate of drug-likeness (QED) is 0.609. The highest BCUT2D eigenvalue weighted by molar-refractivity contribution is 5.97. The molecule has 9 heteroatoms. The van der Waals surface area contributed by atoms with Gasteiger partial charge in [-0.05, 0) is 30.2 Å². The van der Waals surface area contributed by atoms with Gasteiger partial charge in [0.2, 0.25) is 0 Å². The minimum absolute atomic E-state index is 0.220. The summed E-state index contributed by atoms with van der Waals surface area (Å²) in [6.45, 7) is 4.60. The number of anilines is 1. The molecule has 1 aliphatic heterocycles. The number of carbonyl (C=O) groups is 4. The number of amides is 4. The van der Waals surface area contributed by atoms with Crippen LogP contribution in [0.15, 0.2) is 60.7 Å². The van der Waals surface area contributed by atoms with Gasteiger partial charge in [-0.3, -0.25) is 9.59 Å². The molecule has 2 N–H and O–H groups in total. The summed E-state index contributed by atoms with van der Waals surface area (Å²) in [6, 6.07) is 16.6. The predicted octanol–water partition coefficient (Wildman–Crippen LogP) is 2.36. The van der Waals surface area contributed by atoms with Gasteiger partial charge in [-0.15, -0.1) is 0 Å². The van der Waals surface area contributed by atoms with Gasteiger partial charge in [0.25, 0.3) is 11.8 Å². The Balaban J connectivity index is 1.44. The molecule has 0 unspecified atom stereocenters. The summed E-state index contributed by atoms with van der Waals surface area (Å²) in [5.74, 6) is -1.60. The van der Waals surface area contributed by atoms with Gasteiger partial charge in [0.05, 0.1) is 0 Å². The molecule has 9 nitrogen and oxygen atoms in total. The van der Waals surface area contributed by atoms with Crippen molar-refractivity contribution >= 4 is 29.5 Å². The molecule has 2 aromatic rings. The predicted molar refractivity (Wildman–Crippen MR) is 127 cm³/mol. The normalized spacial score (nSPS) is 14.3. The van der Waals surface area contributed by atoms with Gasteiger partial charge in [0.15, 0.2) is 6.61 Å². The van der Waals surface area contributed by atoms with Crippen LogP contribution in [0.1, 0.15) is 24.2 Å². The molecule has 180 valence electrons. The summed E-state index contributed by atoms with van der Waals surface area (Å²) in [4.78, 5) is 53.1. The number of esters is 1. The van der Waals surface area contributed by atoms with Gasteiger partial charge < -0.3 is 25.2 Å². The van der Waals surface area contributed by atoms with Crippen molar-refractivity contribution in [1.29, 1.82) is 0 Å². The number of nitrogens with one attached hydrogen (secondary N) is 2. The minimum atomic E-state index is -0.876. The molecule has 0 radical (unpaired) electrons. The Kier molecular flexibility index (Phi) is 8.61. The summed E-state index contributed by atoms with van der Waals surface area (Å²) >= 11 is 0. The lowest BCUT2D eigenvalue weighted by Crippen LogP contribution is -2.53. The second-order valence-corrected chi connectivity index (χ2v) is 8.33. The van der Waals surface area contributed by atoms with Crippen molar-refractivity contribution in [3.63, 3.8) is 0 Å². The highest BCUT2D eigenvalue weighted by atomic mass is 16.5. The summed E-state index contributed by atoms with van der Waals surface area (Å²) in [6.07, 6.45) is 0. The Hall–Kier alpha value is -3.88. The van der Waals surface area contributed by atoms with Crippen LogP contribution in [-0.4, -0.2) is 72.4 Å². The SMILES string of the molecule is CC(C)[C@H](NC(=O)c1ccccc1)C(=O)OCC(=O)N1CCN(C(=O)Nc2ccccc2)CC1. The van der Waals surface area contributed by atoms with E-state index in [2.05, 4.69) is 10.6 Å². The number of rotatable bonds is 7. The first-order valence-corrected chi connectivity index (χ1v) is 11.3. The molecule has 0 aliphatic carbocycles. The number of hydrogen-bond acceptors (Lipinski definition) is 5. The zero-order chi connectivity index (χ0) is 24.5. The zero-order valence-electron chi connectivity index (χ0n) is 19.4. The molecule has 1 aliphatic rings. The Morgan fingerprint density at radius 2 is 1.41 bits per heavy atom. The first kappa shape index (κ1) is 24.8. The fraction of sp³-hybridized carbons (Fsp3) is 0.360. The van der Waals surface area contributed by atoms with Gasteiger partial charge >= 0.3 is 12.0 Å². The highest BCUT2D eigenvalue weighted by Crippen LogP contribution is 2.10. The maximum absolute atomic E-state index is 12.6. The Morgan fingerprint density at radius 1 is 0.853 bits per heavy atom. The molecule has 4 amide bonds. The maximum atomic E-state index is 12.6. The first-order chi connectivity index (χ1) is 16.3. The van der Waals surface area contributed by atoms with Crippen molar-refractivity contribution in [2.75, 3.05) is 38.1 Å². The van der Waals surface area contributed by atoms with Gasteiger partial charge in [0, 0.05) is 37.4 Å². The van der Waals surface area contributed by atoms with Crippen molar-refractivity contribution in [1.82, 2.24) is 15.1 Å². The van der Waals surface area contributed by atoms with Crippen LogP contribution < -0.4 is 10.6 Å². The minimum Gasteiger partial charge on any atom is -0.454 e. The van der Waals surface area contributed by atoms with Crippen LogP contribution in [0.2, 0.25) is 0 Å². The summed E-state index contributed by atoms with van der Waals surface area (Å²) in [7, 11) is 0. The molecule has 34 heavy (non-hydrogen) atoms. The average Bonchev–Trinajstić information content (AvgIpc) is 2.86. The first-order valence-electron chi connectivity index (χ1n) is 11.3. The fourth-order valence-electron chi connectivity index (χ4n) is 3.51. The van der Waals surface area contributed by atoms with Crippen LogP contribution in [0.25, 0.3) is 0 Å². The number of carbonyl (C=O) groups excluding carboxylic acids is 4. The lowest BCUT2D eigenvalue weighted by molar-refractivity contribution is -0.155. The van der Waals surface area contributed by atoms with Crippen LogP contribution in [0, 0.1) is 5.92 Å². The number of urea groups is 1. The standard InChI is InChI=1S/C25H30N4O5/c1-18(2)22(27-23(31)19-9-5-3-6-10-19)24(32)34-17-21(30)28-13-15-29(16-14-28)25(33)26-20-11-7-4-8-12-20/h3-12,18,22H,13-17H2,1-2H3,(H,26,33)(H,27,31)/t22-/m0/s1. The van der Waals surface area contributed by atoms with E-state index in [1.165, 1.54) is 0 Å². The number of ether oxygens (including phenoxy) is 1. The molecule has 2 aromatic carbocycles. The summed E-state index contributed by atoms with van der Waals surface area (Å²) in [5, 5.41) is 5.51. The topological polar surface area (TPSA) is 108 Å². The molecule has 0 saturated carbocycles. The lowest BCUT2D eigenvalue weighted by atomic mass is 10.0. The molecule has 1 fully saturated rings. The molecule has 1 atom stereocenters. The van der Waals surface area contributed by atoms with Crippen LogP contribution in [0.5, 0.6) is 0 Å². The maximum Gasteiger partial charge on any atom is 0.329 e. The smallest absolute Gasteiger partial charge is 0.329 e. The Labute approximate surface area is 199 Å². The fourth-order valence-corrected chi connectivity index (χ4v) is 3.51. The zero-order valence-corrected chi connectivity index (χ0v) is 19.4. The van der Waals surface area contributed by atoms with Gasteiger partial charge in [-0.25, -0.2) is 9.59 Å². The Bertz CT molecular complexity index is 989. The molecule has 0 bridgehead atoms. The number of nitrogens with zero attached hydrogens (tertiary/aromatic N) is 2. The van der Waals surface area contributed by atoms with E-state index in [4.69, 9.17) is 4.74 Å². The number of para-hydroxylation sites is 1. The average molecular weight is 467 g/mol. The van der Waals surface area contributed by atoms with Crippen molar-refractivity contribution in [3.05, 3.63) is 66.2 Å². The molecular formula is C25H30N4O5. The summed E-state index contributed by atoms with van der Waals surface area (Å²) in [5.41, 5.74) is 1.14. The molecule has 0 spiro atoms. The van der Waals surface area contributed by atoms with E-state index in [1.54, 1.807) is 66.1 Å².